The van der Waals surface area contributed by atoms with Crippen LogP contribution in [0.25, 0.3) is 0 Å². The second-order valence-electron chi connectivity index (χ2n) is 7.37. The van der Waals surface area contributed by atoms with Gasteiger partial charge in [0.15, 0.2) is 0 Å². The normalized spacial score (nSPS) is 25.9. The molecule has 1 fully saturated rings. The highest BCUT2D eigenvalue weighted by Crippen LogP contribution is 2.35. The molecule has 0 unspecified atom stereocenters. The second kappa shape index (κ2) is 7.80. The third-order valence-electron chi connectivity index (χ3n) is 5.69. The van der Waals surface area contributed by atoms with Crippen molar-refractivity contribution in [3.8, 4) is 5.75 Å². The molecule has 3 atom stereocenters. The van der Waals surface area contributed by atoms with Crippen LogP contribution in [0.4, 0.5) is 14.7 Å². The summed E-state index contributed by atoms with van der Waals surface area (Å²) in [6, 6.07) is 7.12. The van der Waals surface area contributed by atoms with Crippen molar-refractivity contribution in [2.75, 3.05) is 25.5 Å². The molecule has 0 radical (unpaired) electrons. The van der Waals surface area contributed by atoms with E-state index in [9.17, 15) is 8.78 Å². The number of nitrogens with one attached hydrogen (secondary N) is 1. The average Bonchev–Trinajstić information content (AvgIpc) is 3.16. The first-order valence-electron chi connectivity index (χ1n) is 9.44. The fraction of sp³-hybridized carbons (Fsp3) is 0.579. The van der Waals surface area contributed by atoms with Gasteiger partial charge in [0.05, 0.1) is 7.11 Å². The second-order valence-corrected chi connectivity index (χ2v) is 7.37. The minimum Gasteiger partial charge on any atom is -0.496 e. The van der Waals surface area contributed by atoms with Crippen LogP contribution in [0, 0.1) is 5.92 Å². The molecule has 0 aliphatic carbocycles. The molecule has 146 valence electrons. The van der Waals surface area contributed by atoms with E-state index in [1.165, 1.54) is 11.0 Å². The number of anilines is 1. The standard InChI is InChI=1S/C19H25F2N5O/c1-27-17-7-3-2-5-14(17)11-25-8-4-6-13(10-25)15-9-16(18(20)21)26-19(24-15)22-12-23-26/h2-3,5,7,12-13,15-16,18H,4,6,8-11H2,1H3,(H,22,23,24)/t13-,15+,16-/m1/s1. The van der Waals surface area contributed by atoms with E-state index >= 15 is 0 Å². The molecule has 2 aromatic rings. The van der Waals surface area contributed by atoms with Crippen molar-refractivity contribution in [2.24, 2.45) is 5.92 Å². The van der Waals surface area contributed by atoms with Crippen LogP contribution in [0.5, 0.6) is 5.75 Å². The first-order chi connectivity index (χ1) is 13.2. The molecule has 6 nitrogen and oxygen atoms in total. The van der Waals surface area contributed by atoms with Crippen LogP contribution < -0.4 is 10.1 Å². The number of para-hydroxylation sites is 1. The number of likely N-dealkylation sites (tertiary alicyclic amines) is 1. The zero-order chi connectivity index (χ0) is 18.8. The van der Waals surface area contributed by atoms with Crippen LogP contribution in [0.2, 0.25) is 0 Å². The molecule has 1 aromatic carbocycles. The number of piperidine rings is 1. The highest BCUT2D eigenvalue weighted by Gasteiger charge is 2.38. The van der Waals surface area contributed by atoms with Gasteiger partial charge in [-0.05, 0) is 37.8 Å². The fourth-order valence-electron chi connectivity index (χ4n) is 4.34. The third kappa shape index (κ3) is 3.76. The van der Waals surface area contributed by atoms with E-state index in [2.05, 4.69) is 26.4 Å². The molecule has 0 spiro atoms. The number of benzene rings is 1. The maximum absolute atomic E-state index is 13.5. The van der Waals surface area contributed by atoms with Gasteiger partial charge in [0.1, 0.15) is 18.1 Å². The number of ether oxygens (including phenoxy) is 1. The summed E-state index contributed by atoms with van der Waals surface area (Å²) in [5.74, 6) is 1.65. The molecule has 3 heterocycles. The SMILES string of the molecule is COc1ccccc1CN1CCC[C@@H]([C@@H]2C[C@H](C(F)F)n3ncnc3N2)C1. The Morgan fingerprint density at radius 1 is 1.33 bits per heavy atom. The predicted octanol–water partition coefficient (Wildman–Crippen LogP) is 3.19. The van der Waals surface area contributed by atoms with Crippen molar-refractivity contribution in [3.05, 3.63) is 36.2 Å². The smallest absolute Gasteiger partial charge is 0.260 e. The maximum atomic E-state index is 13.5. The number of aromatic nitrogens is 3. The molecule has 0 amide bonds. The average molecular weight is 377 g/mol. The molecule has 1 saturated heterocycles. The topological polar surface area (TPSA) is 55.2 Å². The number of rotatable bonds is 5. The molecule has 4 rings (SSSR count). The lowest BCUT2D eigenvalue weighted by Gasteiger charge is -2.40. The summed E-state index contributed by atoms with van der Waals surface area (Å²) >= 11 is 0. The number of hydrogen-bond donors (Lipinski definition) is 1. The van der Waals surface area contributed by atoms with E-state index in [0.717, 1.165) is 43.8 Å². The van der Waals surface area contributed by atoms with Crippen LogP contribution >= 0.6 is 0 Å². The number of hydrogen-bond acceptors (Lipinski definition) is 5. The number of nitrogens with zero attached hydrogens (tertiary/aromatic N) is 4. The number of alkyl halides is 2. The Hall–Kier alpha value is -2.22. The number of methoxy groups -OCH3 is 1. The van der Waals surface area contributed by atoms with Crippen molar-refractivity contribution in [1.82, 2.24) is 19.7 Å². The van der Waals surface area contributed by atoms with Crippen molar-refractivity contribution < 1.29 is 13.5 Å². The van der Waals surface area contributed by atoms with Gasteiger partial charge in [0, 0.05) is 24.7 Å². The Bertz CT molecular complexity index is 768. The van der Waals surface area contributed by atoms with E-state index in [4.69, 9.17) is 4.74 Å². The molecule has 1 N–H and O–H groups in total. The largest absolute Gasteiger partial charge is 0.496 e. The molecular formula is C19H25F2N5O. The van der Waals surface area contributed by atoms with Crippen molar-refractivity contribution in [2.45, 2.75) is 44.3 Å². The molecule has 1 aromatic heterocycles. The van der Waals surface area contributed by atoms with Crippen LogP contribution in [0.15, 0.2) is 30.6 Å². The van der Waals surface area contributed by atoms with Gasteiger partial charge in [0.25, 0.3) is 6.43 Å². The van der Waals surface area contributed by atoms with E-state index in [1.807, 2.05) is 18.2 Å². The van der Waals surface area contributed by atoms with Crippen LogP contribution in [-0.2, 0) is 6.54 Å². The molecule has 0 bridgehead atoms. The van der Waals surface area contributed by atoms with E-state index in [0.29, 0.717) is 18.3 Å². The quantitative estimate of drug-likeness (QED) is 0.867. The van der Waals surface area contributed by atoms with Crippen LogP contribution in [0.1, 0.15) is 30.9 Å². The first kappa shape index (κ1) is 18.2. The molecule has 0 saturated carbocycles. The zero-order valence-corrected chi connectivity index (χ0v) is 15.4. The summed E-state index contributed by atoms with van der Waals surface area (Å²) < 4.78 is 33.8. The van der Waals surface area contributed by atoms with E-state index in [1.54, 1.807) is 7.11 Å². The van der Waals surface area contributed by atoms with Gasteiger partial charge in [-0.15, -0.1) is 0 Å². The van der Waals surface area contributed by atoms with Crippen LogP contribution in [-0.4, -0.2) is 52.3 Å². The van der Waals surface area contributed by atoms with Gasteiger partial charge in [0.2, 0.25) is 5.95 Å². The van der Waals surface area contributed by atoms with Gasteiger partial charge in [-0.1, -0.05) is 18.2 Å². The summed E-state index contributed by atoms with van der Waals surface area (Å²) in [4.78, 5) is 6.51. The Morgan fingerprint density at radius 3 is 3.00 bits per heavy atom. The summed E-state index contributed by atoms with van der Waals surface area (Å²) in [6.45, 7) is 2.69. The minimum absolute atomic E-state index is 0.0128. The van der Waals surface area contributed by atoms with E-state index in [-0.39, 0.29) is 6.04 Å². The van der Waals surface area contributed by atoms with Gasteiger partial charge in [-0.2, -0.15) is 10.1 Å². The van der Waals surface area contributed by atoms with Gasteiger partial charge in [-0.3, -0.25) is 4.90 Å². The summed E-state index contributed by atoms with van der Waals surface area (Å²) in [6.07, 6.45) is 1.37. The van der Waals surface area contributed by atoms with Crippen molar-refractivity contribution in [3.63, 3.8) is 0 Å². The number of fused-ring (bicyclic) bond motifs is 1. The summed E-state index contributed by atoms with van der Waals surface area (Å²) in [5, 5.41) is 7.31. The summed E-state index contributed by atoms with van der Waals surface area (Å²) in [5.41, 5.74) is 1.16. The molecule has 2 aliphatic rings. The Labute approximate surface area is 157 Å². The fourth-order valence-corrected chi connectivity index (χ4v) is 4.34. The van der Waals surface area contributed by atoms with Gasteiger partial charge >= 0.3 is 0 Å². The molecule has 8 heteroatoms. The monoisotopic (exact) mass is 377 g/mol. The maximum Gasteiger partial charge on any atom is 0.260 e. The number of halogens is 2. The lowest BCUT2D eigenvalue weighted by molar-refractivity contribution is 0.0550. The molecule has 2 aliphatic heterocycles. The zero-order valence-electron chi connectivity index (χ0n) is 15.4. The predicted molar refractivity (Wildman–Crippen MR) is 98.1 cm³/mol. The first-order valence-corrected chi connectivity index (χ1v) is 9.44. The Morgan fingerprint density at radius 2 is 2.19 bits per heavy atom. The molecule has 27 heavy (non-hydrogen) atoms. The van der Waals surface area contributed by atoms with Crippen molar-refractivity contribution >= 4 is 5.95 Å². The van der Waals surface area contributed by atoms with Crippen LogP contribution in [0.3, 0.4) is 0 Å². The minimum atomic E-state index is -2.44. The van der Waals surface area contributed by atoms with Gasteiger partial charge in [-0.25, -0.2) is 13.5 Å². The summed E-state index contributed by atoms with van der Waals surface area (Å²) in [7, 11) is 1.68. The van der Waals surface area contributed by atoms with E-state index < -0.39 is 12.5 Å². The van der Waals surface area contributed by atoms with Crippen molar-refractivity contribution in [1.29, 1.82) is 0 Å². The lowest BCUT2D eigenvalue weighted by atomic mass is 9.86. The Balaban J connectivity index is 1.45. The Kier molecular flexibility index (Phi) is 5.24. The highest BCUT2D eigenvalue weighted by atomic mass is 19.3. The van der Waals surface area contributed by atoms with Gasteiger partial charge < -0.3 is 10.1 Å². The third-order valence-corrected chi connectivity index (χ3v) is 5.69. The highest BCUT2D eigenvalue weighted by molar-refractivity contribution is 5.33. The molecular weight excluding hydrogens is 352 g/mol. The lowest BCUT2D eigenvalue weighted by Crippen LogP contribution is -2.46.